The maximum atomic E-state index is 12.7. The minimum atomic E-state index is -0.742. The number of aromatic nitrogens is 1. The summed E-state index contributed by atoms with van der Waals surface area (Å²) in [7, 11) is 0. The molecule has 0 saturated heterocycles. The summed E-state index contributed by atoms with van der Waals surface area (Å²) in [6, 6.07) is 6.47. The number of aromatic amines is 1. The Balaban J connectivity index is 2.02. The van der Waals surface area contributed by atoms with Crippen molar-refractivity contribution in [3.05, 3.63) is 36.0 Å². The van der Waals surface area contributed by atoms with Gasteiger partial charge < -0.3 is 20.8 Å². The number of rotatable bonds is 9. The molecule has 6 nitrogen and oxygen atoms in total. The van der Waals surface area contributed by atoms with Gasteiger partial charge in [0.25, 0.3) is 0 Å². The smallest absolute Gasteiger partial charge is 0.329 e. The fourth-order valence-electron chi connectivity index (χ4n) is 2.97. The molecule has 1 aromatic heterocycles. The van der Waals surface area contributed by atoms with E-state index in [1.54, 1.807) is 0 Å². The molecule has 0 fully saturated rings. The molecule has 2 rings (SSSR count). The average Bonchev–Trinajstić information content (AvgIpc) is 3.02. The van der Waals surface area contributed by atoms with Crippen molar-refractivity contribution in [2.24, 2.45) is 5.73 Å². The van der Waals surface area contributed by atoms with E-state index in [9.17, 15) is 9.59 Å². The third-order valence-corrected chi connectivity index (χ3v) is 5.10. The molecule has 0 unspecified atom stereocenters. The number of nitrogens with one attached hydrogen (secondary N) is 2. The summed E-state index contributed by atoms with van der Waals surface area (Å²) in [6.45, 7) is 5.45. The van der Waals surface area contributed by atoms with Crippen molar-refractivity contribution in [3.63, 3.8) is 0 Å². The summed E-state index contributed by atoms with van der Waals surface area (Å²) in [6.07, 6.45) is 4.64. The van der Waals surface area contributed by atoms with E-state index >= 15 is 0 Å². The summed E-state index contributed by atoms with van der Waals surface area (Å²) >= 11 is 2.30. The highest BCUT2D eigenvalue weighted by Crippen LogP contribution is 2.19. The second-order valence-electron chi connectivity index (χ2n) is 7.95. The van der Waals surface area contributed by atoms with Crippen LogP contribution < -0.4 is 11.1 Å². The Morgan fingerprint density at radius 3 is 2.64 bits per heavy atom. The lowest BCUT2D eigenvalue weighted by atomic mass is 10.0. The van der Waals surface area contributed by atoms with Gasteiger partial charge in [-0.3, -0.25) is 4.79 Å². The largest absolute Gasteiger partial charge is 0.458 e. The van der Waals surface area contributed by atoms with E-state index in [1.807, 2.05) is 51.2 Å². The first-order chi connectivity index (χ1) is 13.2. The second-order valence-corrected chi connectivity index (χ2v) is 9.03. The summed E-state index contributed by atoms with van der Waals surface area (Å²) in [5, 5.41) is 3.86. The van der Waals surface area contributed by atoms with E-state index in [1.165, 1.54) is 0 Å². The van der Waals surface area contributed by atoms with Crippen LogP contribution in [-0.2, 0) is 20.7 Å². The van der Waals surface area contributed by atoms with Crippen molar-refractivity contribution in [2.45, 2.75) is 64.1 Å². The van der Waals surface area contributed by atoms with Gasteiger partial charge in [-0.05, 0) is 56.1 Å². The molecule has 0 radical (unpaired) electrons. The zero-order chi connectivity index (χ0) is 20.7. The molecule has 154 valence electrons. The van der Waals surface area contributed by atoms with Crippen LogP contribution in [0.3, 0.4) is 0 Å². The first-order valence-corrected chi connectivity index (χ1v) is 11.1. The van der Waals surface area contributed by atoms with E-state index in [0.717, 1.165) is 33.7 Å². The van der Waals surface area contributed by atoms with Gasteiger partial charge in [0.2, 0.25) is 5.91 Å². The number of alkyl halides is 1. The van der Waals surface area contributed by atoms with E-state index in [0.29, 0.717) is 12.8 Å². The van der Waals surface area contributed by atoms with E-state index in [4.69, 9.17) is 10.5 Å². The SMILES string of the molecule is CC(C)(C)OC(=O)[C@H](CCCCI)NC(=O)[C@H](N)Cc1c[nH]c2ccccc12. The van der Waals surface area contributed by atoms with Crippen molar-refractivity contribution in [2.75, 3.05) is 4.43 Å². The maximum Gasteiger partial charge on any atom is 0.329 e. The quantitative estimate of drug-likeness (QED) is 0.213. The van der Waals surface area contributed by atoms with Gasteiger partial charge in [0.1, 0.15) is 11.6 Å². The van der Waals surface area contributed by atoms with Crippen LogP contribution in [0.5, 0.6) is 0 Å². The average molecular weight is 499 g/mol. The number of unbranched alkanes of at least 4 members (excludes halogenated alkanes) is 1. The highest BCUT2D eigenvalue weighted by Gasteiger charge is 2.28. The molecule has 0 saturated carbocycles. The number of benzene rings is 1. The van der Waals surface area contributed by atoms with Crippen LogP contribution in [0, 0.1) is 0 Å². The van der Waals surface area contributed by atoms with Crippen molar-refractivity contribution in [1.82, 2.24) is 10.3 Å². The summed E-state index contributed by atoms with van der Waals surface area (Å²) in [5.41, 5.74) is 7.54. The van der Waals surface area contributed by atoms with E-state index in [-0.39, 0.29) is 5.91 Å². The number of amides is 1. The third-order valence-electron chi connectivity index (χ3n) is 4.34. The normalized spacial score (nSPS) is 13.9. The van der Waals surface area contributed by atoms with Crippen LogP contribution >= 0.6 is 22.6 Å². The lowest BCUT2D eigenvalue weighted by Crippen LogP contribution is -2.50. The first-order valence-electron chi connectivity index (χ1n) is 9.61. The van der Waals surface area contributed by atoms with Crippen LogP contribution in [-0.4, -0.2) is 39.0 Å². The molecule has 0 spiro atoms. The van der Waals surface area contributed by atoms with Crippen LogP contribution in [0.2, 0.25) is 0 Å². The number of carbonyl (C=O) groups is 2. The van der Waals surface area contributed by atoms with Gasteiger partial charge in [-0.1, -0.05) is 47.2 Å². The molecule has 28 heavy (non-hydrogen) atoms. The Hall–Kier alpha value is -1.61. The highest BCUT2D eigenvalue weighted by atomic mass is 127. The first kappa shape index (κ1) is 22.7. The number of para-hydroxylation sites is 1. The van der Waals surface area contributed by atoms with Gasteiger partial charge in [-0.15, -0.1) is 0 Å². The molecular weight excluding hydrogens is 469 g/mol. The van der Waals surface area contributed by atoms with Crippen LogP contribution in [0.4, 0.5) is 0 Å². The summed E-state index contributed by atoms with van der Waals surface area (Å²) in [5.74, 6) is -0.746. The van der Waals surface area contributed by atoms with Gasteiger partial charge in [0.05, 0.1) is 6.04 Å². The maximum absolute atomic E-state index is 12.7. The van der Waals surface area contributed by atoms with Gasteiger partial charge in [-0.2, -0.15) is 0 Å². The topological polar surface area (TPSA) is 97.2 Å². The molecule has 1 amide bonds. The second kappa shape index (κ2) is 10.2. The molecule has 1 aromatic carbocycles. The van der Waals surface area contributed by atoms with Gasteiger partial charge in [-0.25, -0.2) is 4.79 Å². The zero-order valence-corrected chi connectivity index (χ0v) is 18.9. The van der Waals surface area contributed by atoms with Crippen molar-refractivity contribution in [1.29, 1.82) is 0 Å². The predicted molar refractivity (Wildman–Crippen MR) is 120 cm³/mol. The third kappa shape index (κ3) is 6.77. The van der Waals surface area contributed by atoms with Crippen LogP contribution in [0.1, 0.15) is 45.6 Å². The predicted octanol–water partition coefficient (Wildman–Crippen LogP) is 3.47. The Morgan fingerprint density at radius 1 is 1.25 bits per heavy atom. The Bertz CT molecular complexity index is 798. The van der Waals surface area contributed by atoms with Crippen molar-refractivity contribution < 1.29 is 14.3 Å². The fourth-order valence-corrected chi connectivity index (χ4v) is 3.51. The molecule has 0 aliphatic heterocycles. The molecule has 7 heteroatoms. The number of H-pyrrole nitrogens is 1. The molecule has 1 heterocycles. The number of fused-ring (bicyclic) bond motifs is 1. The molecule has 0 bridgehead atoms. The Morgan fingerprint density at radius 2 is 1.96 bits per heavy atom. The Labute approximate surface area is 180 Å². The highest BCUT2D eigenvalue weighted by molar-refractivity contribution is 14.1. The number of hydrogen-bond donors (Lipinski definition) is 3. The van der Waals surface area contributed by atoms with Crippen molar-refractivity contribution in [3.8, 4) is 0 Å². The van der Waals surface area contributed by atoms with Gasteiger partial charge in [0, 0.05) is 17.1 Å². The fraction of sp³-hybridized carbons (Fsp3) is 0.524. The van der Waals surface area contributed by atoms with Crippen LogP contribution in [0.25, 0.3) is 10.9 Å². The molecule has 0 aliphatic rings. The minimum absolute atomic E-state index is 0.337. The Kier molecular flexibility index (Phi) is 8.30. The number of hydrogen-bond acceptors (Lipinski definition) is 4. The molecule has 0 aliphatic carbocycles. The molecule has 2 atom stereocenters. The number of esters is 1. The number of ether oxygens (including phenoxy) is 1. The van der Waals surface area contributed by atoms with Gasteiger partial charge >= 0.3 is 5.97 Å². The molecule has 4 N–H and O–H groups in total. The molecular formula is C21H30IN3O3. The van der Waals surface area contributed by atoms with Gasteiger partial charge in [0.15, 0.2) is 0 Å². The zero-order valence-electron chi connectivity index (χ0n) is 16.8. The molecule has 2 aromatic rings. The number of nitrogens with two attached hydrogens (primary N) is 1. The minimum Gasteiger partial charge on any atom is -0.458 e. The number of carbonyl (C=O) groups excluding carboxylic acids is 2. The summed E-state index contributed by atoms with van der Waals surface area (Å²) < 4.78 is 6.48. The summed E-state index contributed by atoms with van der Waals surface area (Å²) in [4.78, 5) is 28.4. The van der Waals surface area contributed by atoms with Crippen molar-refractivity contribution >= 4 is 45.4 Å². The van der Waals surface area contributed by atoms with E-state index < -0.39 is 23.7 Å². The standard InChI is InChI=1S/C21H30IN3O3/c1-21(2,3)28-20(27)18(10-6-7-11-22)25-19(26)16(23)12-14-13-24-17-9-5-4-8-15(14)17/h4-5,8-9,13,16,18,24H,6-7,10-12,23H2,1-3H3,(H,25,26)/t16-,18+/m1/s1. The van der Waals surface area contributed by atoms with Crippen LogP contribution in [0.15, 0.2) is 30.5 Å². The lowest BCUT2D eigenvalue weighted by Gasteiger charge is -2.25. The lowest BCUT2D eigenvalue weighted by molar-refractivity contribution is -0.159. The monoisotopic (exact) mass is 499 g/mol. The van der Waals surface area contributed by atoms with E-state index in [2.05, 4.69) is 32.9 Å². The number of halogens is 1.